The molecule has 1 amide bonds. The average molecular weight is 317 g/mol. The number of methoxy groups -OCH3 is 1. The maximum Gasteiger partial charge on any atom is 0.250 e. The van der Waals surface area contributed by atoms with Crippen molar-refractivity contribution >= 4 is 34.3 Å². The van der Waals surface area contributed by atoms with Gasteiger partial charge < -0.3 is 14.5 Å². The Balaban J connectivity index is 1.83. The lowest BCUT2D eigenvalue weighted by Crippen LogP contribution is -2.16. The van der Waals surface area contributed by atoms with Crippen LogP contribution in [0.1, 0.15) is 0 Å². The molecule has 6 heteroatoms. The van der Waals surface area contributed by atoms with Crippen LogP contribution < -0.4 is 5.32 Å². The van der Waals surface area contributed by atoms with E-state index in [0.29, 0.717) is 27.7 Å². The second-order valence-electron chi connectivity index (χ2n) is 4.69. The number of benzene rings is 2. The summed E-state index contributed by atoms with van der Waals surface area (Å²) in [5, 5.41) is 3.34. The van der Waals surface area contributed by atoms with Crippen molar-refractivity contribution in [2.75, 3.05) is 19.0 Å². The molecule has 1 aromatic heterocycles. The van der Waals surface area contributed by atoms with Crippen LogP contribution >= 0.6 is 11.6 Å². The Hall–Kier alpha value is -2.37. The lowest BCUT2D eigenvalue weighted by Gasteiger charge is -2.04. The number of carbonyl (C=O) groups is 1. The summed E-state index contributed by atoms with van der Waals surface area (Å²) in [6.45, 7) is 0.0215. The van der Waals surface area contributed by atoms with Crippen LogP contribution in [0.2, 0.25) is 5.02 Å². The molecule has 1 heterocycles. The van der Waals surface area contributed by atoms with E-state index in [0.717, 1.165) is 5.56 Å². The zero-order chi connectivity index (χ0) is 15.5. The zero-order valence-corrected chi connectivity index (χ0v) is 12.6. The number of hydrogen-bond acceptors (Lipinski definition) is 4. The molecule has 0 saturated heterocycles. The van der Waals surface area contributed by atoms with Crippen molar-refractivity contribution in [2.45, 2.75) is 0 Å². The summed E-state index contributed by atoms with van der Waals surface area (Å²) < 4.78 is 10.5. The van der Waals surface area contributed by atoms with Crippen molar-refractivity contribution in [1.29, 1.82) is 0 Å². The normalized spacial score (nSPS) is 10.8. The fourth-order valence-corrected chi connectivity index (χ4v) is 2.21. The van der Waals surface area contributed by atoms with Gasteiger partial charge in [-0.15, -0.1) is 0 Å². The molecule has 0 bridgehead atoms. The first-order valence-corrected chi connectivity index (χ1v) is 6.99. The van der Waals surface area contributed by atoms with Crippen molar-refractivity contribution in [3.8, 4) is 11.5 Å². The molecular formula is C16H13ClN2O3. The summed E-state index contributed by atoms with van der Waals surface area (Å²) in [5.41, 5.74) is 2.89. The molecule has 0 aliphatic rings. The molecule has 22 heavy (non-hydrogen) atoms. The van der Waals surface area contributed by atoms with Crippen LogP contribution in [0.25, 0.3) is 22.6 Å². The number of oxazole rings is 1. The predicted molar refractivity (Wildman–Crippen MR) is 85.0 cm³/mol. The molecule has 2 aromatic carbocycles. The van der Waals surface area contributed by atoms with Gasteiger partial charge in [-0.05, 0) is 42.5 Å². The summed E-state index contributed by atoms with van der Waals surface area (Å²) in [4.78, 5) is 15.8. The lowest BCUT2D eigenvalue weighted by atomic mass is 10.2. The summed E-state index contributed by atoms with van der Waals surface area (Å²) in [6.07, 6.45) is 0. The van der Waals surface area contributed by atoms with Gasteiger partial charge in [0.2, 0.25) is 11.8 Å². The summed E-state index contributed by atoms with van der Waals surface area (Å²) in [7, 11) is 1.47. The highest BCUT2D eigenvalue weighted by Gasteiger charge is 2.09. The Kier molecular flexibility index (Phi) is 4.09. The third-order valence-electron chi connectivity index (χ3n) is 3.04. The number of nitrogens with one attached hydrogen (secondary N) is 1. The standard InChI is InChI=1S/C16H13ClN2O3/c1-21-9-15(20)18-12-5-2-10(3-6-12)16-19-13-8-11(17)4-7-14(13)22-16/h2-8H,9H2,1H3,(H,18,20). The molecule has 0 fully saturated rings. The maximum atomic E-state index is 11.4. The van der Waals surface area contributed by atoms with Crippen molar-refractivity contribution in [2.24, 2.45) is 0 Å². The Bertz CT molecular complexity index is 812. The first kappa shape index (κ1) is 14.6. The molecule has 1 N–H and O–H groups in total. The van der Waals surface area contributed by atoms with Crippen molar-refractivity contribution < 1.29 is 13.9 Å². The first-order chi connectivity index (χ1) is 10.7. The molecule has 0 aliphatic carbocycles. The fourth-order valence-electron chi connectivity index (χ4n) is 2.05. The van der Waals surface area contributed by atoms with Crippen LogP contribution in [-0.4, -0.2) is 24.6 Å². The smallest absolute Gasteiger partial charge is 0.250 e. The van der Waals surface area contributed by atoms with Gasteiger partial charge in [-0.3, -0.25) is 4.79 Å². The zero-order valence-electron chi connectivity index (χ0n) is 11.8. The number of hydrogen-bond donors (Lipinski definition) is 1. The Morgan fingerprint density at radius 2 is 2.05 bits per heavy atom. The van der Waals surface area contributed by atoms with E-state index in [4.69, 9.17) is 20.8 Å². The molecule has 5 nitrogen and oxygen atoms in total. The van der Waals surface area contributed by atoms with Crippen LogP contribution in [0, 0.1) is 0 Å². The molecule has 112 valence electrons. The van der Waals surface area contributed by atoms with E-state index in [1.165, 1.54) is 7.11 Å². The van der Waals surface area contributed by atoms with Crippen LogP contribution in [0.4, 0.5) is 5.69 Å². The van der Waals surface area contributed by atoms with E-state index in [1.807, 2.05) is 12.1 Å². The number of anilines is 1. The quantitative estimate of drug-likeness (QED) is 0.796. The van der Waals surface area contributed by atoms with Gasteiger partial charge in [-0.1, -0.05) is 11.6 Å². The maximum absolute atomic E-state index is 11.4. The largest absolute Gasteiger partial charge is 0.436 e. The van der Waals surface area contributed by atoms with Crippen LogP contribution in [0.15, 0.2) is 46.9 Å². The van der Waals surface area contributed by atoms with Crippen molar-refractivity contribution in [1.82, 2.24) is 4.98 Å². The van der Waals surface area contributed by atoms with E-state index in [-0.39, 0.29) is 12.5 Å². The first-order valence-electron chi connectivity index (χ1n) is 6.61. The fraction of sp³-hybridized carbons (Fsp3) is 0.125. The minimum absolute atomic E-state index is 0.0215. The topological polar surface area (TPSA) is 64.4 Å². The summed E-state index contributed by atoms with van der Waals surface area (Å²) in [5.74, 6) is 0.304. The second-order valence-corrected chi connectivity index (χ2v) is 5.13. The number of nitrogens with zero attached hydrogens (tertiary/aromatic N) is 1. The van der Waals surface area contributed by atoms with Gasteiger partial charge in [0.05, 0.1) is 0 Å². The van der Waals surface area contributed by atoms with Crippen LogP contribution in [0.3, 0.4) is 0 Å². The van der Waals surface area contributed by atoms with E-state index in [2.05, 4.69) is 10.3 Å². The number of rotatable bonds is 4. The van der Waals surface area contributed by atoms with Crippen molar-refractivity contribution in [3.05, 3.63) is 47.5 Å². The highest BCUT2D eigenvalue weighted by molar-refractivity contribution is 6.31. The number of ether oxygens (including phenoxy) is 1. The number of halogens is 1. The van der Waals surface area contributed by atoms with E-state index >= 15 is 0 Å². The van der Waals surface area contributed by atoms with Gasteiger partial charge in [0.1, 0.15) is 12.1 Å². The highest BCUT2D eigenvalue weighted by Crippen LogP contribution is 2.26. The van der Waals surface area contributed by atoms with Crippen molar-refractivity contribution in [3.63, 3.8) is 0 Å². The predicted octanol–water partition coefficient (Wildman–Crippen LogP) is 3.73. The molecule has 0 spiro atoms. The summed E-state index contributed by atoms with van der Waals surface area (Å²) in [6, 6.07) is 12.5. The Morgan fingerprint density at radius 1 is 1.27 bits per heavy atom. The number of fused-ring (bicyclic) bond motifs is 1. The van der Waals surface area contributed by atoms with Gasteiger partial charge in [0.15, 0.2) is 5.58 Å². The highest BCUT2D eigenvalue weighted by atomic mass is 35.5. The second kappa shape index (κ2) is 6.17. The number of carbonyl (C=O) groups excluding carboxylic acids is 1. The monoisotopic (exact) mass is 316 g/mol. The Morgan fingerprint density at radius 3 is 2.77 bits per heavy atom. The molecule has 3 rings (SSSR count). The average Bonchev–Trinajstić information content (AvgIpc) is 2.91. The molecule has 3 aromatic rings. The third-order valence-corrected chi connectivity index (χ3v) is 3.28. The van der Waals surface area contributed by atoms with Crippen LogP contribution in [0.5, 0.6) is 0 Å². The molecule has 0 unspecified atom stereocenters. The molecular weight excluding hydrogens is 304 g/mol. The van der Waals surface area contributed by atoms with Gasteiger partial charge in [0, 0.05) is 23.4 Å². The molecule has 0 aliphatic heterocycles. The SMILES string of the molecule is COCC(=O)Nc1ccc(-c2nc3cc(Cl)ccc3o2)cc1. The van der Waals surface area contributed by atoms with Gasteiger partial charge >= 0.3 is 0 Å². The molecule has 0 radical (unpaired) electrons. The third kappa shape index (κ3) is 3.10. The Labute approximate surface area is 131 Å². The lowest BCUT2D eigenvalue weighted by molar-refractivity contribution is -0.119. The minimum Gasteiger partial charge on any atom is -0.436 e. The number of amides is 1. The van der Waals surface area contributed by atoms with E-state index in [1.54, 1.807) is 30.3 Å². The molecule has 0 saturated carbocycles. The minimum atomic E-state index is -0.202. The molecule has 0 atom stereocenters. The number of aromatic nitrogens is 1. The van der Waals surface area contributed by atoms with Crippen LogP contribution in [-0.2, 0) is 9.53 Å². The van der Waals surface area contributed by atoms with Gasteiger partial charge in [0.25, 0.3) is 0 Å². The van der Waals surface area contributed by atoms with E-state index in [9.17, 15) is 4.79 Å². The van der Waals surface area contributed by atoms with Gasteiger partial charge in [-0.25, -0.2) is 4.98 Å². The van der Waals surface area contributed by atoms with Gasteiger partial charge in [-0.2, -0.15) is 0 Å². The summed E-state index contributed by atoms with van der Waals surface area (Å²) >= 11 is 5.94. The van der Waals surface area contributed by atoms with E-state index < -0.39 is 0 Å².